The highest BCUT2D eigenvalue weighted by Crippen LogP contribution is 2.33. The third-order valence-electron chi connectivity index (χ3n) is 5.15. The normalized spacial score (nSPS) is 16.8. The lowest BCUT2D eigenvalue weighted by Gasteiger charge is -2.33. The van der Waals surface area contributed by atoms with Crippen LogP contribution in [-0.2, 0) is 0 Å². The van der Waals surface area contributed by atoms with Gasteiger partial charge in [-0.3, -0.25) is 9.89 Å². The van der Waals surface area contributed by atoms with Crippen molar-refractivity contribution < 1.29 is 9.53 Å². The molecule has 0 saturated carbocycles. The molecule has 1 amide bonds. The largest absolute Gasteiger partial charge is 0.477 e. The van der Waals surface area contributed by atoms with Crippen molar-refractivity contribution in [1.29, 1.82) is 0 Å². The van der Waals surface area contributed by atoms with Gasteiger partial charge in [0, 0.05) is 36.5 Å². The van der Waals surface area contributed by atoms with Gasteiger partial charge in [0.2, 0.25) is 5.88 Å². The molecule has 144 valence electrons. The van der Waals surface area contributed by atoms with E-state index < -0.39 is 0 Å². The average molecular weight is 376 g/mol. The third kappa shape index (κ3) is 3.63. The van der Waals surface area contributed by atoms with Gasteiger partial charge in [-0.15, -0.1) is 0 Å². The summed E-state index contributed by atoms with van der Waals surface area (Å²) in [7, 11) is 0. The van der Waals surface area contributed by atoms with E-state index >= 15 is 0 Å². The zero-order chi connectivity index (χ0) is 19.3. The van der Waals surface area contributed by atoms with Crippen molar-refractivity contribution >= 4 is 5.91 Å². The molecule has 1 aliphatic heterocycles. The summed E-state index contributed by atoms with van der Waals surface area (Å²) in [6, 6.07) is 13.8. The number of aromatic amines is 1. The standard InChI is InChI=1S/C22H24N4O2/c1-2-28-21-18(11-6-12-23-21)22(27)26-13-7-10-17(15-26)20-19(14-24-25-20)16-8-4-3-5-9-16/h3-6,8-9,11-12,14,17H,2,7,10,13,15H2,1H3,(H,24,25)/t17-/m0/s1. The fraction of sp³-hybridized carbons (Fsp3) is 0.318. The van der Waals surface area contributed by atoms with Gasteiger partial charge >= 0.3 is 0 Å². The van der Waals surface area contributed by atoms with E-state index in [1.54, 1.807) is 18.3 Å². The molecule has 28 heavy (non-hydrogen) atoms. The van der Waals surface area contributed by atoms with E-state index in [1.807, 2.05) is 36.2 Å². The monoisotopic (exact) mass is 376 g/mol. The number of H-pyrrole nitrogens is 1. The molecule has 1 saturated heterocycles. The van der Waals surface area contributed by atoms with E-state index in [2.05, 4.69) is 27.3 Å². The lowest BCUT2D eigenvalue weighted by atomic mass is 9.90. The van der Waals surface area contributed by atoms with Crippen LogP contribution in [0.4, 0.5) is 0 Å². The molecule has 1 atom stereocenters. The van der Waals surface area contributed by atoms with Crippen LogP contribution in [0.25, 0.3) is 11.1 Å². The molecule has 1 fully saturated rings. The highest BCUT2D eigenvalue weighted by Gasteiger charge is 2.29. The Bertz CT molecular complexity index is 938. The summed E-state index contributed by atoms with van der Waals surface area (Å²) in [6.45, 7) is 3.77. The number of hydrogen-bond acceptors (Lipinski definition) is 4. The number of carbonyl (C=O) groups is 1. The first-order valence-corrected chi connectivity index (χ1v) is 9.73. The highest BCUT2D eigenvalue weighted by atomic mass is 16.5. The van der Waals surface area contributed by atoms with Gasteiger partial charge in [-0.1, -0.05) is 30.3 Å². The van der Waals surface area contributed by atoms with Gasteiger partial charge in [0.05, 0.1) is 12.8 Å². The number of ether oxygens (including phenoxy) is 1. The second-order valence-corrected chi connectivity index (χ2v) is 6.94. The fourth-order valence-electron chi connectivity index (χ4n) is 3.83. The zero-order valence-corrected chi connectivity index (χ0v) is 16.0. The summed E-state index contributed by atoms with van der Waals surface area (Å²) in [4.78, 5) is 19.3. The van der Waals surface area contributed by atoms with Crippen LogP contribution in [0.5, 0.6) is 5.88 Å². The van der Waals surface area contributed by atoms with Crippen molar-refractivity contribution in [3.05, 3.63) is 66.1 Å². The number of aromatic nitrogens is 3. The molecule has 1 aliphatic rings. The van der Waals surface area contributed by atoms with Crippen LogP contribution in [0, 0.1) is 0 Å². The maximum Gasteiger partial charge on any atom is 0.259 e. The molecule has 0 unspecified atom stereocenters. The Morgan fingerprint density at radius 1 is 1.25 bits per heavy atom. The molecule has 4 rings (SSSR count). The molecule has 0 bridgehead atoms. The van der Waals surface area contributed by atoms with Crippen LogP contribution < -0.4 is 4.74 Å². The fourth-order valence-corrected chi connectivity index (χ4v) is 3.83. The van der Waals surface area contributed by atoms with Crippen LogP contribution in [0.1, 0.15) is 41.7 Å². The number of nitrogens with one attached hydrogen (secondary N) is 1. The number of nitrogens with zero attached hydrogens (tertiary/aromatic N) is 3. The van der Waals surface area contributed by atoms with Crippen LogP contribution in [0.3, 0.4) is 0 Å². The Morgan fingerprint density at radius 2 is 2.11 bits per heavy atom. The number of pyridine rings is 1. The van der Waals surface area contributed by atoms with Crippen LogP contribution in [-0.4, -0.2) is 45.7 Å². The molecule has 6 nitrogen and oxygen atoms in total. The van der Waals surface area contributed by atoms with E-state index in [-0.39, 0.29) is 11.8 Å². The van der Waals surface area contributed by atoms with Gasteiger partial charge in [-0.05, 0) is 37.5 Å². The molecular weight excluding hydrogens is 352 g/mol. The van der Waals surface area contributed by atoms with Crippen LogP contribution >= 0.6 is 0 Å². The maximum atomic E-state index is 13.1. The van der Waals surface area contributed by atoms with Gasteiger partial charge in [-0.2, -0.15) is 5.10 Å². The first-order chi connectivity index (χ1) is 13.8. The molecular formula is C22H24N4O2. The topological polar surface area (TPSA) is 71.1 Å². The molecule has 0 spiro atoms. The number of carbonyl (C=O) groups excluding carboxylic acids is 1. The number of amides is 1. The predicted octanol–water partition coefficient (Wildman–Crippen LogP) is 3.89. The highest BCUT2D eigenvalue weighted by molar-refractivity contribution is 5.96. The predicted molar refractivity (Wildman–Crippen MR) is 107 cm³/mol. The number of likely N-dealkylation sites (tertiary alicyclic amines) is 1. The number of piperidine rings is 1. The van der Waals surface area contributed by atoms with Gasteiger partial charge in [0.1, 0.15) is 5.56 Å². The minimum Gasteiger partial charge on any atom is -0.477 e. The summed E-state index contributed by atoms with van der Waals surface area (Å²) < 4.78 is 5.55. The Morgan fingerprint density at radius 3 is 2.93 bits per heavy atom. The van der Waals surface area contributed by atoms with Crippen molar-refractivity contribution in [2.45, 2.75) is 25.7 Å². The molecule has 6 heteroatoms. The molecule has 2 aromatic heterocycles. The van der Waals surface area contributed by atoms with Gasteiger partial charge in [0.15, 0.2) is 0 Å². The van der Waals surface area contributed by atoms with Gasteiger partial charge in [-0.25, -0.2) is 4.98 Å². The summed E-state index contributed by atoms with van der Waals surface area (Å²) in [5.41, 5.74) is 3.87. The second kappa shape index (κ2) is 8.25. The van der Waals surface area contributed by atoms with E-state index in [4.69, 9.17) is 4.74 Å². The SMILES string of the molecule is CCOc1ncccc1C(=O)N1CCC[C@H](c2[nH]ncc2-c2ccccc2)C1. The minimum absolute atomic E-state index is 0.0259. The second-order valence-electron chi connectivity index (χ2n) is 6.94. The summed E-state index contributed by atoms with van der Waals surface area (Å²) >= 11 is 0. The Labute approximate surface area is 164 Å². The van der Waals surface area contributed by atoms with E-state index in [9.17, 15) is 4.79 Å². The minimum atomic E-state index is -0.0259. The Balaban J connectivity index is 1.56. The molecule has 3 aromatic rings. The molecule has 3 heterocycles. The molecule has 0 aliphatic carbocycles. The quantitative estimate of drug-likeness (QED) is 0.733. The zero-order valence-electron chi connectivity index (χ0n) is 16.0. The molecule has 1 aromatic carbocycles. The smallest absolute Gasteiger partial charge is 0.259 e. The average Bonchev–Trinajstić information content (AvgIpc) is 3.25. The first kappa shape index (κ1) is 18.2. The van der Waals surface area contributed by atoms with Gasteiger partial charge in [0.25, 0.3) is 5.91 Å². The van der Waals surface area contributed by atoms with Crippen molar-refractivity contribution in [3.63, 3.8) is 0 Å². The van der Waals surface area contributed by atoms with Crippen molar-refractivity contribution in [2.24, 2.45) is 0 Å². The first-order valence-electron chi connectivity index (χ1n) is 9.73. The van der Waals surface area contributed by atoms with Gasteiger partial charge < -0.3 is 9.64 Å². The number of hydrogen-bond donors (Lipinski definition) is 1. The lowest BCUT2D eigenvalue weighted by Crippen LogP contribution is -2.39. The number of rotatable bonds is 5. The van der Waals surface area contributed by atoms with Crippen molar-refractivity contribution in [1.82, 2.24) is 20.1 Å². The van der Waals surface area contributed by atoms with E-state index in [1.165, 1.54) is 0 Å². The van der Waals surface area contributed by atoms with Crippen LogP contribution in [0.15, 0.2) is 54.9 Å². The van der Waals surface area contributed by atoms with E-state index in [0.29, 0.717) is 24.6 Å². The van der Waals surface area contributed by atoms with Crippen molar-refractivity contribution in [3.8, 4) is 17.0 Å². The maximum absolute atomic E-state index is 13.1. The number of benzene rings is 1. The third-order valence-corrected chi connectivity index (χ3v) is 5.15. The summed E-state index contributed by atoms with van der Waals surface area (Å²) in [5.74, 6) is 0.605. The molecule has 0 radical (unpaired) electrons. The van der Waals surface area contributed by atoms with Crippen LogP contribution in [0.2, 0.25) is 0 Å². The van der Waals surface area contributed by atoms with Crippen molar-refractivity contribution in [2.75, 3.05) is 19.7 Å². The van der Waals surface area contributed by atoms with E-state index in [0.717, 1.165) is 36.2 Å². The lowest BCUT2D eigenvalue weighted by molar-refractivity contribution is 0.0701. The Hall–Kier alpha value is -3.15. The Kier molecular flexibility index (Phi) is 5.37. The molecule has 1 N–H and O–H groups in total. The summed E-state index contributed by atoms with van der Waals surface area (Å²) in [5, 5.41) is 7.46. The summed E-state index contributed by atoms with van der Waals surface area (Å²) in [6.07, 6.45) is 5.50.